The van der Waals surface area contributed by atoms with Gasteiger partial charge in [0, 0.05) is 24.7 Å². The van der Waals surface area contributed by atoms with Crippen LogP contribution in [0, 0.1) is 51.2 Å². The quantitative estimate of drug-likeness (QED) is 0.296. The van der Waals surface area contributed by atoms with Crippen molar-refractivity contribution in [3.63, 3.8) is 0 Å². The number of benzene rings is 1. The number of carboxylic acids is 1. The van der Waals surface area contributed by atoms with Gasteiger partial charge in [0.05, 0.1) is 5.56 Å². The largest absolute Gasteiger partial charge is 0.478 e. The third-order valence-corrected chi connectivity index (χ3v) is 17.8. The number of urea groups is 1. The van der Waals surface area contributed by atoms with E-state index in [1.165, 1.54) is 49.7 Å². The number of rotatable bonds is 5. The van der Waals surface area contributed by atoms with Gasteiger partial charge in [0.1, 0.15) is 6.54 Å². The Labute approximate surface area is 318 Å². The standard InChI is InChI=1S/C46H65N3O4/c1-29(2)33-18-23-46(47-41(53)48-26-27-49(38(50)28-48)32-10-8-9-11-32)25-24-44(6)35(39(33)46)16-17-37-43(5)21-19-34(30-12-14-31(15-13-30)40(51)52)42(3,4)36(43)20-22-45(37,44)7/h12-15,19,32-33,35-37,39H,1,8-11,16-18,20-28H2,2-7H3,(H,47,53)(H,51,52). The molecule has 1 aliphatic heterocycles. The molecule has 7 aliphatic rings. The van der Waals surface area contributed by atoms with E-state index >= 15 is 0 Å². The minimum absolute atomic E-state index is 0.0245. The van der Waals surface area contributed by atoms with Crippen molar-refractivity contribution in [2.45, 2.75) is 137 Å². The molecule has 1 saturated heterocycles. The molecule has 2 N–H and O–H groups in total. The molecule has 288 valence electrons. The smallest absolute Gasteiger partial charge is 0.335 e. The second kappa shape index (κ2) is 12.7. The van der Waals surface area contributed by atoms with Crippen LogP contribution in [0.5, 0.6) is 0 Å². The minimum atomic E-state index is -0.879. The van der Waals surface area contributed by atoms with E-state index in [2.05, 4.69) is 64.4 Å². The number of piperazine rings is 1. The third kappa shape index (κ3) is 5.42. The summed E-state index contributed by atoms with van der Waals surface area (Å²) >= 11 is 0. The van der Waals surface area contributed by atoms with Crippen molar-refractivity contribution in [3.05, 3.63) is 53.6 Å². The SMILES string of the molecule is C=C(C)C1CCC2(NC(=O)N3CCN(C4CCCC4)C(=O)C3)CCC3(C)C(CCC4C5(C)CC=C(c6ccc(C(=O)O)cc6)C(C)(C)C5CCC43C)C12. The van der Waals surface area contributed by atoms with Crippen molar-refractivity contribution in [1.82, 2.24) is 15.1 Å². The van der Waals surface area contributed by atoms with Gasteiger partial charge in [-0.1, -0.05) is 77.8 Å². The molecule has 7 heteroatoms. The molecule has 1 heterocycles. The van der Waals surface area contributed by atoms with Crippen LogP contribution in [0.4, 0.5) is 4.79 Å². The van der Waals surface area contributed by atoms with Crippen LogP contribution < -0.4 is 5.32 Å². The topological polar surface area (TPSA) is 90.0 Å². The van der Waals surface area contributed by atoms with E-state index in [0.717, 1.165) is 50.5 Å². The molecule has 9 atom stereocenters. The van der Waals surface area contributed by atoms with E-state index in [4.69, 9.17) is 0 Å². The van der Waals surface area contributed by atoms with Crippen LogP contribution in [0.3, 0.4) is 0 Å². The molecule has 6 aliphatic carbocycles. The Balaban J connectivity index is 1.05. The lowest BCUT2D eigenvalue weighted by Crippen LogP contribution is -2.69. The number of fused-ring (bicyclic) bond motifs is 7. The summed E-state index contributed by atoms with van der Waals surface area (Å²) in [4.78, 5) is 43.0. The molecule has 0 aromatic heterocycles. The molecule has 3 amide bonds. The number of aromatic carboxylic acids is 1. The van der Waals surface area contributed by atoms with Gasteiger partial charge in [-0.25, -0.2) is 9.59 Å². The number of hydrogen-bond acceptors (Lipinski definition) is 3. The number of allylic oxidation sites excluding steroid dienone is 3. The first-order valence-electron chi connectivity index (χ1n) is 21.1. The first-order valence-corrected chi connectivity index (χ1v) is 21.1. The molecule has 5 saturated carbocycles. The van der Waals surface area contributed by atoms with Gasteiger partial charge in [-0.2, -0.15) is 0 Å². The highest BCUT2D eigenvalue weighted by atomic mass is 16.4. The zero-order valence-electron chi connectivity index (χ0n) is 33.4. The summed E-state index contributed by atoms with van der Waals surface area (Å²) in [5.41, 5.74) is 4.38. The Morgan fingerprint density at radius 2 is 1.57 bits per heavy atom. The highest BCUT2D eigenvalue weighted by Gasteiger charge is 2.70. The second-order valence-corrected chi connectivity index (χ2v) is 20.1. The zero-order valence-corrected chi connectivity index (χ0v) is 33.4. The van der Waals surface area contributed by atoms with Gasteiger partial charge >= 0.3 is 12.0 Å². The maximum atomic E-state index is 14.2. The van der Waals surface area contributed by atoms with Crippen molar-refractivity contribution in [2.75, 3.05) is 19.6 Å². The first kappa shape index (κ1) is 36.9. The van der Waals surface area contributed by atoms with Crippen LogP contribution in [0.2, 0.25) is 0 Å². The number of nitrogens with zero attached hydrogens (tertiary/aromatic N) is 2. The first-order chi connectivity index (χ1) is 25.1. The molecular formula is C46H65N3O4. The van der Waals surface area contributed by atoms with Crippen molar-refractivity contribution in [2.24, 2.45) is 51.2 Å². The van der Waals surface area contributed by atoms with E-state index in [9.17, 15) is 19.5 Å². The number of carbonyl (C=O) groups is 3. The Kier molecular flexibility index (Phi) is 8.85. The summed E-state index contributed by atoms with van der Waals surface area (Å²) in [6.45, 7) is 21.1. The average Bonchev–Trinajstić information content (AvgIpc) is 3.78. The molecule has 8 rings (SSSR count). The van der Waals surface area contributed by atoms with Crippen molar-refractivity contribution in [3.8, 4) is 0 Å². The molecule has 9 unspecified atom stereocenters. The molecule has 1 aromatic carbocycles. The van der Waals surface area contributed by atoms with Gasteiger partial charge in [-0.3, -0.25) is 4.79 Å². The summed E-state index contributed by atoms with van der Waals surface area (Å²) in [6, 6.07) is 7.87. The van der Waals surface area contributed by atoms with Gasteiger partial charge in [-0.05, 0) is 152 Å². The summed E-state index contributed by atoms with van der Waals surface area (Å²) < 4.78 is 0. The lowest BCUT2D eigenvalue weighted by atomic mass is 9.33. The lowest BCUT2D eigenvalue weighted by molar-refractivity contribution is -0.218. The second-order valence-electron chi connectivity index (χ2n) is 20.1. The summed E-state index contributed by atoms with van der Waals surface area (Å²) in [5, 5.41) is 13.2. The lowest BCUT2D eigenvalue weighted by Gasteiger charge is -2.72. The summed E-state index contributed by atoms with van der Waals surface area (Å²) in [5.74, 6) is 1.67. The maximum absolute atomic E-state index is 14.2. The Morgan fingerprint density at radius 3 is 2.23 bits per heavy atom. The Morgan fingerprint density at radius 1 is 0.849 bits per heavy atom. The van der Waals surface area contributed by atoms with E-state index in [-0.39, 0.29) is 45.7 Å². The molecule has 0 bridgehead atoms. The fourth-order valence-corrected chi connectivity index (χ4v) is 15.0. The number of hydrogen-bond donors (Lipinski definition) is 2. The van der Waals surface area contributed by atoms with Gasteiger partial charge in [0.2, 0.25) is 5.91 Å². The zero-order chi connectivity index (χ0) is 37.7. The summed E-state index contributed by atoms with van der Waals surface area (Å²) in [6.07, 6.45) is 17.2. The molecule has 1 aromatic rings. The number of nitrogens with one attached hydrogen (secondary N) is 1. The van der Waals surface area contributed by atoms with Gasteiger partial charge in [0.15, 0.2) is 0 Å². The average molecular weight is 724 g/mol. The molecule has 0 spiro atoms. The van der Waals surface area contributed by atoms with Gasteiger partial charge in [0.25, 0.3) is 0 Å². The van der Waals surface area contributed by atoms with Crippen molar-refractivity contribution in [1.29, 1.82) is 0 Å². The normalized spacial score (nSPS) is 40.8. The van der Waals surface area contributed by atoms with Crippen LogP contribution in [0.1, 0.15) is 141 Å². The van der Waals surface area contributed by atoms with Crippen LogP contribution in [-0.2, 0) is 4.79 Å². The van der Waals surface area contributed by atoms with Crippen LogP contribution in [-0.4, -0.2) is 64.0 Å². The fourth-order valence-electron chi connectivity index (χ4n) is 15.0. The van der Waals surface area contributed by atoms with E-state index in [1.807, 2.05) is 17.0 Å². The highest BCUT2D eigenvalue weighted by Crippen LogP contribution is 2.76. The van der Waals surface area contributed by atoms with Gasteiger partial charge in [-0.15, -0.1) is 0 Å². The van der Waals surface area contributed by atoms with E-state index in [1.54, 1.807) is 12.1 Å². The molecule has 53 heavy (non-hydrogen) atoms. The number of carboxylic acid groups (broad SMARTS) is 1. The molecule has 6 fully saturated rings. The number of amides is 3. The van der Waals surface area contributed by atoms with Crippen molar-refractivity contribution >= 4 is 23.5 Å². The van der Waals surface area contributed by atoms with Crippen molar-refractivity contribution < 1.29 is 19.5 Å². The fraction of sp³-hybridized carbons (Fsp3) is 0.717. The van der Waals surface area contributed by atoms with E-state index in [0.29, 0.717) is 54.3 Å². The summed E-state index contributed by atoms with van der Waals surface area (Å²) in [7, 11) is 0. The maximum Gasteiger partial charge on any atom is 0.335 e. The van der Waals surface area contributed by atoms with Crippen LogP contribution in [0.15, 0.2) is 42.5 Å². The highest BCUT2D eigenvalue weighted by molar-refractivity contribution is 5.88. The molecular weight excluding hydrogens is 659 g/mol. The molecule has 0 radical (unpaired) electrons. The Hall–Kier alpha value is -3.09. The van der Waals surface area contributed by atoms with Crippen LogP contribution >= 0.6 is 0 Å². The third-order valence-electron chi connectivity index (χ3n) is 17.8. The monoisotopic (exact) mass is 723 g/mol. The number of carbonyl (C=O) groups excluding carboxylic acids is 2. The predicted octanol–water partition coefficient (Wildman–Crippen LogP) is 9.58. The Bertz CT molecular complexity index is 1710. The minimum Gasteiger partial charge on any atom is -0.478 e. The molecule has 7 nitrogen and oxygen atoms in total. The van der Waals surface area contributed by atoms with E-state index < -0.39 is 5.97 Å². The van der Waals surface area contributed by atoms with Crippen LogP contribution in [0.25, 0.3) is 5.57 Å². The van der Waals surface area contributed by atoms with Gasteiger partial charge < -0.3 is 20.2 Å². The predicted molar refractivity (Wildman–Crippen MR) is 210 cm³/mol.